The number of hydrogen-bond donors (Lipinski definition) is 2. The normalized spacial score (nSPS) is 15.9. The summed E-state index contributed by atoms with van der Waals surface area (Å²) in [6, 6.07) is 10.9. The van der Waals surface area contributed by atoms with Crippen LogP contribution in [0.3, 0.4) is 0 Å². The van der Waals surface area contributed by atoms with E-state index in [1.807, 2.05) is 18.7 Å². The molecule has 0 aromatic heterocycles. The summed E-state index contributed by atoms with van der Waals surface area (Å²) in [4.78, 5) is 36.6. The summed E-state index contributed by atoms with van der Waals surface area (Å²) in [5.74, 6) is -0.422. The number of nitrogens with two attached hydrogens (primary N) is 1. The van der Waals surface area contributed by atoms with E-state index in [1.165, 1.54) is 12.1 Å². The Hall–Kier alpha value is -3.42. The third-order valence-electron chi connectivity index (χ3n) is 4.72. The highest BCUT2D eigenvalue weighted by Crippen LogP contribution is 2.36. The topological polar surface area (TPSA) is 119 Å². The predicted molar refractivity (Wildman–Crippen MR) is 106 cm³/mol. The Bertz CT molecular complexity index is 924. The Kier molecular flexibility index (Phi) is 5.30. The standard InChI is InChI=1S/C20H22N4O4/c1-12(2)9-18-20(26)22-16-10-14(19(21)25)5-8-17(16)23(18)11-13-3-6-15(7-4-13)24(27)28/h3-8,10,12,18H,9,11H2,1-2H3,(H2,21,25)(H,22,26)/t18-/m0/s1. The van der Waals surface area contributed by atoms with E-state index >= 15 is 0 Å². The van der Waals surface area contributed by atoms with E-state index in [4.69, 9.17) is 5.73 Å². The first-order chi connectivity index (χ1) is 13.3. The van der Waals surface area contributed by atoms with Crippen LogP contribution in [0.1, 0.15) is 36.2 Å². The summed E-state index contributed by atoms with van der Waals surface area (Å²) in [5, 5.41) is 13.7. The van der Waals surface area contributed by atoms with Crippen molar-refractivity contribution >= 4 is 28.9 Å². The lowest BCUT2D eigenvalue weighted by molar-refractivity contribution is -0.384. The zero-order valence-electron chi connectivity index (χ0n) is 15.7. The molecule has 0 saturated carbocycles. The number of carbonyl (C=O) groups excluding carboxylic acids is 2. The van der Waals surface area contributed by atoms with Crippen LogP contribution >= 0.6 is 0 Å². The minimum absolute atomic E-state index is 0.0189. The highest BCUT2D eigenvalue weighted by molar-refractivity contribution is 6.05. The van der Waals surface area contributed by atoms with Crippen LogP contribution in [0.2, 0.25) is 0 Å². The first-order valence-corrected chi connectivity index (χ1v) is 9.01. The second-order valence-corrected chi connectivity index (χ2v) is 7.28. The summed E-state index contributed by atoms with van der Waals surface area (Å²) >= 11 is 0. The van der Waals surface area contributed by atoms with Crippen molar-refractivity contribution in [3.8, 4) is 0 Å². The zero-order chi connectivity index (χ0) is 20.4. The number of non-ortho nitro benzene ring substituents is 1. The molecule has 2 aromatic rings. The molecular weight excluding hydrogens is 360 g/mol. The van der Waals surface area contributed by atoms with Crippen LogP contribution < -0.4 is 16.0 Å². The van der Waals surface area contributed by atoms with Gasteiger partial charge in [0.25, 0.3) is 5.69 Å². The number of fused-ring (bicyclic) bond motifs is 1. The SMILES string of the molecule is CC(C)C[C@H]1C(=O)Nc2cc(C(N)=O)ccc2N1Cc1ccc([N+](=O)[O-])cc1. The summed E-state index contributed by atoms with van der Waals surface area (Å²) in [5.41, 5.74) is 7.85. The van der Waals surface area contributed by atoms with Gasteiger partial charge in [-0.3, -0.25) is 19.7 Å². The first kappa shape index (κ1) is 19.3. The fourth-order valence-corrected chi connectivity index (χ4v) is 3.36. The Morgan fingerprint density at radius 1 is 1.25 bits per heavy atom. The maximum absolute atomic E-state index is 12.8. The molecule has 28 heavy (non-hydrogen) atoms. The highest BCUT2D eigenvalue weighted by Gasteiger charge is 2.33. The molecule has 1 aliphatic heterocycles. The summed E-state index contributed by atoms with van der Waals surface area (Å²) in [6.07, 6.45) is 0.649. The van der Waals surface area contributed by atoms with Gasteiger partial charge >= 0.3 is 0 Å². The molecule has 1 heterocycles. The Morgan fingerprint density at radius 3 is 2.50 bits per heavy atom. The van der Waals surface area contributed by atoms with Gasteiger partial charge in [-0.1, -0.05) is 26.0 Å². The fourth-order valence-electron chi connectivity index (χ4n) is 3.36. The number of nitro benzene ring substituents is 1. The van der Waals surface area contributed by atoms with Crippen LogP contribution in [0, 0.1) is 16.0 Å². The van der Waals surface area contributed by atoms with Crippen molar-refractivity contribution in [2.45, 2.75) is 32.9 Å². The van der Waals surface area contributed by atoms with Gasteiger partial charge in [-0.2, -0.15) is 0 Å². The van der Waals surface area contributed by atoms with Gasteiger partial charge in [-0.05, 0) is 36.1 Å². The molecule has 0 fully saturated rings. The maximum Gasteiger partial charge on any atom is 0.269 e. The predicted octanol–water partition coefficient (Wildman–Crippen LogP) is 3.07. The fraction of sp³-hybridized carbons (Fsp3) is 0.300. The monoisotopic (exact) mass is 382 g/mol. The number of primary amides is 1. The van der Waals surface area contributed by atoms with Crippen LogP contribution in [-0.4, -0.2) is 22.8 Å². The van der Waals surface area contributed by atoms with E-state index in [9.17, 15) is 19.7 Å². The van der Waals surface area contributed by atoms with E-state index in [0.29, 0.717) is 30.1 Å². The summed E-state index contributed by atoms with van der Waals surface area (Å²) in [6.45, 7) is 4.50. The van der Waals surface area contributed by atoms with Crippen molar-refractivity contribution in [1.29, 1.82) is 0 Å². The molecule has 8 heteroatoms. The molecule has 2 aromatic carbocycles. The minimum Gasteiger partial charge on any atom is -0.366 e. The maximum atomic E-state index is 12.8. The number of rotatable bonds is 6. The molecule has 0 aliphatic carbocycles. The largest absolute Gasteiger partial charge is 0.366 e. The van der Waals surface area contributed by atoms with Gasteiger partial charge < -0.3 is 16.0 Å². The van der Waals surface area contributed by atoms with E-state index in [1.54, 1.807) is 30.3 Å². The van der Waals surface area contributed by atoms with Crippen LogP contribution in [-0.2, 0) is 11.3 Å². The lowest BCUT2D eigenvalue weighted by Gasteiger charge is -2.39. The Morgan fingerprint density at radius 2 is 1.93 bits per heavy atom. The molecule has 2 amide bonds. The van der Waals surface area contributed by atoms with Crippen LogP contribution in [0.15, 0.2) is 42.5 Å². The molecule has 0 unspecified atom stereocenters. The lowest BCUT2D eigenvalue weighted by atomic mass is 9.97. The number of anilines is 2. The number of nitrogens with one attached hydrogen (secondary N) is 1. The zero-order valence-corrected chi connectivity index (χ0v) is 15.7. The van der Waals surface area contributed by atoms with Crippen molar-refractivity contribution < 1.29 is 14.5 Å². The van der Waals surface area contributed by atoms with Gasteiger partial charge in [0.15, 0.2) is 0 Å². The number of benzene rings is 2. The van der Waals surface area contributed by atoms with Crippen molar-refractivity contribution in [1.82, 2.24) is 0 Å². The van der Waals surface area contributed by atoms with E-state index in [-0.39, 0.29) is 17.6 Å². The van der Waals surface area contributed by atoms with Gasteiger partial charge in [0, 0.05) is 24.2 Å². The van der Waals surface area contributed by atoms with Crippen molar-refractivity contribution in [2.24, 2.45) is 11.7 Å². The van der Waals surface area contributed by atoms with Crippen LogP contribution in [0.5, 0.6) is 0 Å². The second-order valence-electron chi connectivity index (χ2n) is 7.28. The molecule has 146 valence electrons. The number of carbonyl (C=O) groups is 2. The molecule has 0 spiro atoms. The number of nitrogens with zero attached hydrogens (tertiary/aromatic N) is 2. The smallest absolute Gasteiger partial charge is 0.269 e. The molecule has 1 aliphatic rings. The van der Waals surface area contributed by atoms with Gasteiger partial charge in [0.1, 0.15) is 6.04 Å². The first-order valence-electron chi connectivity index (χ1n) is 9.01. The molecule has 8 nitrogen and oxygen atoms in total. The third-order valence-corrected chi connectivity index (χ3v) is 4.72. The van der Waals surface area contributed by atoms with Gasteiger partial charge in [0.05, 0.1) is 16.3 Å². The Labute approximate surface area is 162 Å². The van der Waals surface area contributed by atoms with Crippen LogP contribution in [0.25, 0.3) is 0 Å². The second kappa shape index (κ2) is 7.67. The molecular formula is C20H22N4O4. The molecule has 0 bridgehead atoms. The van der Waals surface area contributed by atoms with Gasteiger partial charge in [-0.25, -0.2) is 0 Å². The molecule has 1 atom stereocenters. The quantitative estimate of drug-likeness (QED) is 0.588. The average Bonchev–Trinajstić information content (AvgIpc) is 2.64. The van der Waals surface area contributed by atoms with E-state index in [2.05, 4.69) is 5.32 Å². The number of nitro groups is 1. The van der Waals surface area contributed by atoms with Crippen molar-refractivity contribution in [3.05, 3.63) is 63.7 Å². The lowest BCUT2D eigenvalue weighted by Crippen LogP contribution is -2.48. The summed E-state index contributed by atoms with van der Waals surface area (Å²) in [7, 11) is 0. The molecule has 0 saturated heterocycles. The van der Waals surface area contributed by atoms with Crippen LogP contribution in [0.4, 0.5) is 17.1 Å². The van der Waals surface area contributed by atoms with Crippen molar-refractivity contribution in [3.63, 3.8) is 0 Å². The molecule has 3 N–H and O–H groups in total. The van der Waals surface area contributed by atoms with E-state index in [0.717, 1.165) is 11.3 Å². The van der Waals surface area contributed by atoms with E-state index < -0.39 is 10.8 Å². The third kappa shape index (κ3) is 3.95. The number of hydrogen-bond acceptors (Lipinski definition) is 5. The van der Waals surface area contributed by atoms with Gasteiger partial charge in [0.2, 0.25) is 11.8 Å². The average molecular weight is 382 g/mol. The summed E-state index contributed by atoms with van der Waals surface area (Å²) < 4.78 is 0. The van der Waals surface area contributed by atoms with Gasteiger partial charge in [-0.15, -0.1) is 0 Å². The Balaban J connectivity index is 1.99. The number of amides is 2. The van der Waals surface area contributed by atoms with Crippen molar-refractivity contribution in [2.75, 3.05) is 10.2 Å². The highest BCUT2D eigenvalue weighted by atomic mass is 16.6. The minimum atomic E-state index is -0.566. The molecule has 3 rings (SSSR count). The molecule has 0 radical (unpaired) electrons.